The van der Waals surface area contributed by atoms with Crippen LogP contribution in [0.2, 0.25) is 20.1 Å². The van der Waals surface area contributed by atoms with Crippen molar-refractivity contribution >= 4 is 69.6 Å². The first-order chi connectivity index (χ1) is 27.4. The van der Waals surface area contributed by atoms with Crippen LogP contribution in [0.15, 0.2) is 47.3 Å². The maximum atomic E-state index is 12.8. The fourth-order valence-corrected chi connectivity index (χ4v) is 7.21. The van der Waals surface area contributed by atoms with Gasteiger partial charge in [-0.3, -0.25) is 19.0 Å². The van der Waals surface area contributed by atoms with Crippen molar-refractivity contribution in [2.24, 2.45) is 0 Å². The zero-order chi connectivity index (χ0) is 40.8. The number of carbonyl (C=O) groups is 2. The summed E-state index contributed by atoms with van der Waals surface area (Å²) >= 11 is 24.6. The summed E-state index contributed by atoms with van der Waals surface area (Å²) in [4.78, 5) is 37.4. The third-order valence-electron chi connectivity index (χ3n) is 9.78. The summed E-state index contributed by atoms with van der Waals surface area (Å²) in [5, 5.41) is 23.1. The molecule has 2 aliphatic heterocycles. The topological polar surface area (TPSA) is 164 Å². The highest BCUT2D eigenvalue weighted by Crippen LogP contribution is 2.32. The number of amides is 2. The smallest absolute Gasteiger partial charge is 0.244 e. The van der Waals surface area contributed by atoms with Crippen LogP contribution in [0.3, 0.4) is 0 Å². The van der Waals surface area contributed by atoms with E-state index in [1.165, 1.54) is 11.1 Å². The van der Waals surface area contributed by atoms with Gasteiger partial charge in [0.2, 0.25) is 24.0 Å². The minimum atomic E-state index is -0.0462. The average Bonchev–Trinajstić information content (AvgIpc) is 3.94. The number of hydrogen-bond acceptors (Lipinski definition) is 12. The van der Waals surface area contributed by atoms with E-state index in [1.807, 2.05) is 47.4 Å². The van der Waals surface area contributed by atoms with Crippen LogP contribution in [0.25, 0.3) is 11.5 Å². The molecule has 3 aromatic heterocycles. The molecule has 0 N–H and O–H groups in total. The van der Waals surface area contributed by atoms with Gasteiger partial charge in [0.05, 0.1) is 45.7 Å². The number of ether oxygens (including phenoxy) is 2. The van der Waals surface area contributed by atoms with Gasteiger partial charge in [-0.05, 0) is 38.1 Å². The first-order valence-electron chi connectivity index (χ1n) is 17.8. The lowest BCUT2D eigenvalue weighted by Crippen LogP contribution is -2.49. The summed E-state index contributed by atoms with van der Waals surface area (Å²) < 4.78 is 18.4. The fourth-order valence-electron chi connectivity index (χ4n) is 6.42. The molecular weight excluding hydrogens is 820 g/mol. The van der Waals surface area contributed by atoms with Gasteiger partial charge in [-0.2, -0.15) is 20.4 Å². The van der Waals surface area contributed by atoms with E-state index in [1.54, 1.807) is 37.6 Å². The van der Waals surface area contributed by atoms with E-state index in [4.69, 9.17) is 65.7 Å². The molecule has 20 heteroatoms. The number of nitrogens with zero attached hydrogens (tertiary/aromatic N) is 11. The zero-order valence-corrected chi connectivity index (χ0v) is 34.6. The minimum Gasteiger partial charge on any atom is -0.495 e. The van der Waals surface area contributed by atoms with Crippen LogP contribution in [-0.4, -0.2) is 118 Å². The molecule has 0 aliphatic carbocycles. The standard InChI is InChI=1S/C19H20Cl2N6O3.C18H19Cl2N5O2/c1-12-17(21)18(19-22-11-30-24-19)23-27(12)10-16(28)26-7-5-25(6-8-26)13-3-4-14(20)15(9-13)29-2;1-12-18(20)15(10-21)22-25(12)11-17(26)24-7-5-23(6-8-24)13-3-4-14(19)16(9-13)27-2/h3-4,9,11H,5-8,10H2,1-2H3;3-4,9H,5-8,11H2,1-2H3. The van der Waals surface area contributed by atoms with Crippen LogP contribution >= 0.6 is 46.4 Å². The Hall–Kier alpha value is -5.21. The predicted molar refractivity (Wildman–Crippen MR) is 216 cm³/mol. The third-order valence-corrected chi connectivity index (χ3v) is 11.3. The lowest BCUT2D eigenvalue weighted by molar-refractivity contribution is -0.133. The lowest BCUT2D eigenvalue weighted by Gasteiger charge is -2.36. The molecule has 300 valence electrons. The summed E-state index contributed by atoms with van der Waals surface area (Å²) in [6.07, 6.45) is 1.21. The number of carbonyl (C=O) groups excluding carboxylic acids is 2. The first kappa shape index (κ1) is 41.4. The third kappa shape index (κ3) is 9.34. The SMILES string of the molecule is COc1cc(N2CCN(C(=O)Cn3nc(-c4ncon4)c(Cl)c3C)CC2)ccc1Cl.COc1cc(N2CCN(C(=O)Cn3nc(C#N)c(Cl)c3C)CC2)ccc1Cl. The molecule has 7 rings (SSSR count). The molecule has 2 amide bonds. The molecule has 5 heterocycles. The van der Waals surface area contributed by atoms with Gasteiger partial charge in [0.25, 0.3) is 0 Å². The van der Waals surface area contributed by atoms with Crippen LogP contribution in [0.4, 0.5) is 11.4 Å². The monoisotopic (exact) mass is 857 g/mol. The van der Waals surface area contributed by atoms with E-state index in [0.717, 1.165) is 11.4 Å². The Morgan fingerprint density at radius 1 is 0.737 bits per heavy atom. The Bertz CT molecular complexity index is 2260. The largest absolute Gasteiger partial charge is 0.495 e. The molecule has 0 unspecified atom stereocenters. The Kier molecular flexibility index (Phi) is 13.4. The number of methoxy groups -OCH3 is 2. The Balaban J connectivity index is 0.000000194. The number of aromatic nitrogens is 6. The van der Waals surface area contributed by atoms with E-state index in [2.05, 4.69) is 30.1 Å². The minimum absolute atomic E-state index is 0.0229. The van der Waals surface area contributed by atoms with Crippen LogP contribution < -0.4 is 19.3 Å². The number of anilines is 2. The number of halogens is 4. The average molecular weight is 860 g/mol. The van der Waals surface area contributed by atoms with Crippen molar-refractivity contribution < 1.29 is 23.6 Å². The van der Waals surface area contributed by atoms with Crippen molar-refractivity contribution in [3.05, 3.63) is 80.0 Å². The van der Waals surface area contributed by atoms with Gasteiger partial charge in [0, 0.05) is 75.9 Å². The number of nitriles is 1. The van der Waals surface area contributed by atoms with E-state index >= 15 is 0 Å². The van der Waals surface area contributed by atoms with Crippen molar-refractivity contribution in [1.82, 2.24) is 39.5 Å². The van der Waals surface area contributed by atoms with Crippen LogP contribution in [0.1, 0.15) is 17.1 Å². The van der Waals surface area contributed by atoms with Gasteiger partial charge in [0.1, 0.15) is 30.7 Å². The molecule has 57 heavy (non-hydrogen) atoms. The molecule has 0 saturated carbocycles. The lowest BCUT2D eigenvalue weighted by atomic mass is 10.2. The number of benzene rings is 2. The highest BCUT2D eigenvalue weighted by atomic mass is 35.5. The molecule has 0 spiro atoms. The fraction of sp³-hybridized carbons (Fsp3) is 0.378. The molecule has 5 aromatic rings. The van der Waals surface area contributed by atoms with Crippen LogP contribution in [0, 0.1) is 25.2 Å². The van der Waals surface area contributed by atoms with Gasteiger partial charge in [-0.1, -0.05) is 51.6 Å². The molecule has 2 saturated heterocycles. The molecule has 0 radical (unpaired) electrons. The quantitative estimate of drug-likeness (QED) is 0.180. The van der Waals surface area contributed by atoms with Gasteiger partial charge in [-0.25, -0.2) is 0 Å². The normalized spacial score (nSPS) is 14.2. The van der Waals surface area contributed by atoms with Crippen molar-refractivity contribution in [2.45, 2.75) is 26.9 Å². The summed E-state index contributed by atoms with van der Waals surface area (Å²) in [6.45, 7) is 8.97. The second-order valence-electron chi connectivity index (χ2n) is 13.1. The van der Waals surface area contributed by atoms with Gasteiger partial charge in [0.15, 0.2) is 11.4 Å². The van der Waals surface area contributed by atoms with E-state index < -0.39 is 0 Å². The molecule has 0 bridgehead atoms. The number of rotatable bonds is 9. The highest BCUT2D eigenvalue weighted by Gasteiger charge is 2.26. The summed E-state index contributed by atoms with van der Waals surface area (Å²) in [5.41, 5.74) is 3.87. The van der Waals surface area contributed by atoms with E-state index in [0.29, 0.717) is 107 Å². The molecule has 2 fully saturated rings. The molecule has 0 atom stereocenters. The van der Waals surface area contributed by atoms with E-state index in [9.17, 15) is 9.59 Å². The van der Waals surface area contributed by atoms with Gasteiger partial charge in [-0.15, -0.1) is 0 Å². The highest BCUT2D eigenvalue weighted by molar-refractivity contribution is 6.33. The Labute approximate surface area is 348 Å². The maximum absolute atomic E-state index is 12.8. The van der Waals surface area contributed by atoms with Crippen molar-refractivity contribution in [3.63, 3.8) is 0 Å². The molecule has 2 aromatic carbocycles. The van der Waals surface area contributed by atoms with E-state index in [-0.39, 0.29) is 30.6 Å². The van der Waals surface area contributed by atoms with Crippen molar-refractivity contribution in [1.29, 1.82) is 5.26 Å². The van der Waals surface area contributed by atoms with Gasteiger partial charge >= 0.3 is 0 Å². The number of hydrogen-bond donors (Lipinski definition) is 0. The number of piperazine rings is 2. The second-order valence-corrected chi connectivity index (χ2v) is 14.6. The van der Waals surface area contributed by atoms with Crippen molar-refractivity contribution in [3.8, 4) is 29.1 Å². The van der Waals surface area contributed by atoms with Crippen LogP contribution in [0.5, 0.6) is 11.5 Å². The predicted octanol–water partition coefficient (Wildman–Crippen LogP) is 5.63. The van der Waals surface area contributed by atoms with Crippen LogP contribution in [-0.2, 0) is 22.7 Å². The van der Waals surface area contributed by atoms with Crippen molar-refractivity contribution in [2.75, 3.05) is 76.4 Å². The molecule has 2 aliphatic rings. The summed E-state index contributed by atoms with van der Waals surface area (Å²) in [6, 6.07) is 13.3. The zero-order valence-electron chi connectivity index (χ0n) is 31.6. The second kappa shape index (κ2) is 18.4. The molecular formula is C37H39Cl4N11O5. The Morgan fingerprint density at radius 3 is 1.63 bits per heavy atom. The Morgan fingerprint density at radius 2 is 1.21 bits per heavy atom. The summed E-state index contributed by atoms with van der Waals surface area (Å²) in [5.74, 6) is 1.49. The summed E-state index contributed by atoms with van der Waals surface area (Å²) in [7, 11) is 3.18. The maximum Gasteiger partial charge on any atom is 0.244 e. The first-order valence-corrected chi connectivity index (χ1v) is 19.3. The van der Waals surface area contributed by atoms with Gasteiger partial charge < -0.3 is 33.6 Å². The molecule has 16 nitrogen and oxygen atoms in total.